The number of nitrogens with zero attached hydrogens (tertiary/aromatic N) is 3. The Bertz CT molecular complexity index is 864. The van der Waals surface area contributed by atoms with E-state index in [9.17, 15) is 0 Å². The second-order valence-electron chi connectivity index (χ2n) is 7.56. The molecule has 3 aromatic rings. The number of aryl methyl sites for hydroxylation is 2. The van der Waals surface area contributed by atoms with Crippen molar-refractivity contribution in [2.45, 2.75) is 59.8 Å². The molecule has 1 aromatic carbocycles. The molecule has 0 atom stereocenters. The van der Waals surface area contributed by atoms with Crippen LogP contribution in [0.5, 0.6) is 0 Å². The zero-order valence-corrected chi connectivity index (χ0v) is 14.7. The van der Waals surface area contributed by atoms with Gasteiger partial charge in [0.2, 0.25) is 0 Å². The van der Waals surface area contributed by atoms with Crippen LogP contribution < -0.4 is 0 Å². The largest absolute Gasteiger partial charge is 0.284 e. The van der Waals surface area contributed by atoms with Gasteiger partial charge in [-0.3, -0.25) is 4.40 Å². The minimum absolute atomic E-state index is 0.0296. The minimum Gasteiger partial charge on any atom is -0.284 e. The Hall–Kier alpha value is -1.90. The van der Waals surface area contributed by atoms with Crippen molar-refractivity contribution in [2.24, 2.45) is 0 Å². The number of aromatic nitrogens is 3. The molecule has 0 fully saturated rings. The van der Waals surface area contributed by atoms with Crippen LogP contribution in [0.4, 0.5) is 0 Å². The number of imidazole rings is 1. The molecule has 22 heavy (non-hydrogen) atoms. The lowest BCUT2D eigenvalue weighted by molar-refractivity contribution is 0.537. The smallest absolute Gasteiger partial charge is 0.148 e. The van der Waals surface area contributed by atoms with Crippen LogP contribution in [-0.2, 0) is 5.41 Å². The molecule has 0 N–H and O–H groups in total. The predicted molar refractivity (Wildman–Crippen MR) is 92.8 cm³/mol. The van der Waals surface area contributed by atoms with Gasteiger partial charge in [-0.1, -0.05) is 40.7 Å². The van der Waals surface area contributed by atoms with Gasteiger partial charge in [0.05, 0.1) is 11.2 Å². The van der Waals surface area contributed by atoms with Crippen molar-refractivity contribution in [3.8, 4) is 0 Å². The molecule has 0 aliphatic heterocycles. The van der Waals surface area contributed by atoms with Crippen LogP contribution in [0.1, 0.15) is 63.3 Å². The summed E-state index contributed by atoms with van der Waals surface area (Å²) in [5, 5.41) is 1.13. The van der Waals surface area contributed by atoms with Crippen molar-refractivity contribution in [3.05, 3.63) is 41.0 Å². The highest BCUT2D eigenvalue weighted by molar-refractivity contribution is 5.92. The zero-order valence-electron chi connectivity index (χ0n) is 14.7. The molecule has 3 heteroatoms. The molecule has 0 bridgehead atoms. The van der Waals surface area contributed by atoms with Gasteiger partial charge in [-0.25, -0.2) is 9.97 Å². The second kappa shape index (κ2) is 4.80. The molecule has 0 aliphatic rings. The van der Waals surface area contributed by atoms with Crippen molar-refractivity contribution in [1.29, 1.82) is 0 Å². The number of fused-ring (bicyclic) bond motifs is 3. The van der Waals surface area contributed by atoms with Gasteiger partial charge in [0, 0.05) is 16.5 Å². The number of hydrogen-bond donors (Lipinski definition) is 0. The highest BCUT2D eigenvalue weighted by atomic mass is 15.1. The van der Waals surface area contributed by atoms with Crippen LogP contribution in [0.25, 0.3) is 16.6 Å². The summed E-state index contributed by atoms with van der Waals surface area (Å²) in [6.45, 7) is 15.3. The molecule has 0 saturated carbocycles. The van der Waals surface area contributed by atoms with Crippen LogP contribution in [0.15, 0.2) is 18.2 Å². The van der Waals surface area contributed by atoms with E-state index in [1.807, 2.05) is 0 Å². The Morgan fingerprint density at radius 2 is 1.73 bits per heavy atom. The summed E-state index contributed by atoms with van der Waals surface area (Å²) < 4.78 is 2.23. The third-order valence-corrected chi connectivity index (χ3v) is 4.38. The molecule has 2 heterocycles. The molecule has 3 nitrogen and oxygen atoms in total. The van der Waals surface area contributed by atoms with Crippen molar-refractivity contribution in [3.63, 3.8) is 0 Å². The highest BCUT2D eigenvalue weighted by Crippen LogP contribution is 2.30. The summed E-state index contributed by atoms with van der Waals surface area (Å²) in [4.78, 5) is 9.83. The Balaban J connectivity index is 2.49. The van der Waals surface area contributed by atoms with Gasteiger partial charge in [-0.15, -0.1) is 0 Å². The third-order valence-electron chi connectivity index (χ3n) is 4.38. The van der Waals surface area contributed by atoms with Gasteiger partial charge in [-0.05, 0) is 37.5 Å². The van der Waals surface area contributed by atoms with Crippen LogP contribution in [0.3, 0.4) is 0 Å². The summed E-state index contributed by atoms with van der Waals surface area (Å²) in [6.07, 6.45) is 0. The van der Waals surface area contributed by atoms with Crippen LogP contribution in [0, 0.1) is 13.8 Å². The summed E-state index contributed by atoms with van der Waals surface area (Å²) in [5.41, 5.74) is 5.63. The fourth-order valence-corrected chi connectivity index (χ4v) is 2.91. The Kier molecular flexibility index (Phi) is 3.28. The van der Waals surface area contributed by atoms with E-state index in [1.165, 1.54) is 11.3 Å². The van der Waals surface area contributed by atoms with E-state index in [1.54, 1.807) is 0 Å². The average molecular weight is 295 g/mol. The van der Waals surface area contributed by atoms with E-state index in [-0.39, 0.29) is 5.41 Å². The maximum Gasteiger partial charge on any atom is 0.148 e. The topological polar surface area (TPSA) is 30.2 Å². The summed E-state index contributed by atoms with van der Waals surface area (Å²) in [7, 11) is 0. The van der Waals surface area contributed by atoms with Gasteiger partial charge in [-0.2, -0.15) is 0 Å². The van der Waals surface area contributed by atoms with Crippen molar-refractivity contribution >= 4 is 16.6 Å². The summed E-state index contributed by atoms with van der Waals surface area (Å²) in [5.74, 6) is 1.58. The lowest BCUT2D eigenvalue weighted by Crippen LogP contribution is -2.19. The molecule has 0 spiro atoms. The monoisotopic (exact) mass is 295 g/mol. The summed E-state index contributed by atoms with van der Waals surface area (Å²) >= 11 is 0. The van der Waals surface area contributed by atoms with E-state index in [0.717, 1.165) is 28.1 Å². The molecule has 116 valence electrons. The second-order valence-corrected chi connectivity index (χ2v) is 7.56. The first-order chi connectivity index (χ1) is 10.2. The van der Waals surface area contributed by atoms with E-state index in [0.29, 0.717) is 5.92 Å². The molecule has 0 amide bonds. The normalized spacial score (nSPS) is 12.7. The standard InChI is InChI=1S/C19H25N3/c1-11(2)14-8-9-15-16(10-14)21-18(19(5,6)7)22-13(4)12(3)20-17(15)22/h8-11H,1-7H3. The number of benzene rings is 1. The first-order valence-electron chi connectivity index (χ1n) is 8.00. The Labute approximate surface area is 132 Å². The minimum atomic E-state index is -0.0296. The fourth-order valence-electron chi connectivity index (χ4n) is 2.91. The molecule has 0 saturated heterocycles. The molecule has 3 rings (SSSR count). The van der Waals surface area contributed by atoms with Gasteiger partial charge < -0.3 is 0 Å². The van der Waals surface area contributed by atoms with E-state index in [2.05, 4.69) is 71.1 Å². The van der Waals surface area contributed by atoms with Crippen LogP contribution in [0.2, 0.25) is 0 Å². The molecule has 0 unspecified atom stereocenters. The molecular formula is C19H25N3. The van der Waals surface area contributed by atoms with E-state index in [4.69, 9.17) is 9.97 Å². The van der Waals surface area contributed by atoms with Gasteiger partial charge in [0.1, 0.15) is 11.5 Å². The first-order valence-corrected chi connectivity index (χ1v) is 8.00. The van der Waals surface area contributed by atoms with Gasteiger partial charge in [0.25, 0.3) is 0 Å². The quantitative estimate of drug-likeness (QED) is 0.638. The summed E-state index contributed by atoms with van der Waals surface area (Å²) in [6, 6.07) is 6.59. The molecule has 0 radical (unpaired) electrons. The highest BCUT2D eigenvalue weighted by Gasteiger charge is 2.23. The Morgan fingerprint density at radius 3 is 2.32 bits per heavy atom. The maximum atomic E-state index is 5.01. The lowest BCUT2D eigenvalue weighted by Gasteiger charge is -2.21. The number of rotatable bonds is 1. The van der Waals surface area contributed by atoms with E-state index < -0.39 is 0 Å². The van der Waals surface area contributed by atoms with Gasteiger partial charge in [0.15, 0.2) is 0 Å². The van der Waals surface area contributed by atoms with Crippen molar-refractivity contribution in [2.75, 3.05) is 0 Å². The van der Waals surface area contributed by atoms with Crippen molar-refractivity contribution < 1.29 is 0 Å². The average Bonchev–Trinajstić information content (AvgIpc) is 2.72. The molecule has 0 aliphatic carbocycles. The fraction of sp³-hybridized carbons (Fsp3) is 0.474. The van der Waals surface area contributed by atoms with Crippen LogP contribution in [-0.4, -0.2) is 14.4 Å². The lowest BCUT2D eigenvalue weighted by atomic mass is 9.94. The van der Waals surface area contributed by atoms with Gasteiger partial charge >= 0.3 is 0 Å². The zero-order chi connectivity index (χ0) is 16.2. The van der Waals surface area contributed by atoms with E-state index >= 15 is 0 Å². The first kappa shape index (κ1) is 15.0. The predicted octanol–water partition coefficient (Wildman–Crippen LogP) is 4.92. The SMILES string of the molecule is Cc1nc2c3ccc(C(C)C)cc3nc(C(C)(C)C)n2c1C. The maximum absolute atomic E-state index is 5.01. The van der Waals surface area contributed by atoms with Crippen LogP contribution >= 0.6 is 0 Å². The molecule has 2 aromatic heterocycles. The van der Waals surface area contributed by atoms with Crippen molar-refractivity contribution in [1.82, 2.24) is 14.4 Å². The Morgan fingerprint density at radius 1 is 1.05 bits per heavy atom. The molecular weight excluding hydrogens is 270 g/mol. The number of hydrogen-bond acceptors (Lipinski definition) is 2. The third kappa shape index (κ3) is 2.20.